The lowest BCUT2D eigenvalue weighted by Crippen LogP contribution is -2.31. The van der Waals surface area contributed by atoms with Gasteiger partial charge in [-0.2, -0.15) is 0 Å². The van der Waals surface area contributed by atoms with Crippen LogP contribution in [0.3, 0.4) is 0 Å². The van der Waals surface area contributed by atoms with Gasteiger partial charge in [0.25, 0.3) is 0 Å². The van der Waals surface area contributed by atoms with Gasteiger partial charge in [0, 0.05) is 5.41 Å². The molecule has 1 heterocycles. The van der Waals surface area contributed by atoms with E-state index in [9.17, 15) is 0 Å². The summed E-state index contributed by atoms with van der Waals surface area (Å²) < 4.78 is 10.5. The van der Waals surface area contributed by atoms with Crippen LogP contribution in [-0.2, 0) is 9.05 Å². The maximum absolute atomic E-state index is 5.27. The number of rotatable bonds is 2. The van der Waals surface area contributed by atoms with Gasteiger partial charge in [0.15, 0.2) is 9.03 Å². The molecule has 0 aliphatic carbocycles. The van der Waals surface area contributed by atoms with Gasteiger partial charge in [-0.05, 0) is 12.8 Å². The van der Waals surface area contributed by atoms with Crippen LogP contribution in [0, 0.1) is 5.41 Å². The van der Waals surface area contributed by atoms with E-state index in [4.69, 9.17) is 9.05 Å². The molecule has 0 aromatic carbocycles. The Hall–Kier alpha value is 0.350. The summed E-state index contributed by atoms with van der Waals surface area (Å²) in [6.45, 7) is 6.17. The molecule has 0 bridgehead atoms. The summed E-state index contributed by atoms with van der Waals surface area (Å²) >= 11 is 0. The van der Waals surface area contributed by atoms with E-state index in [-0.39, 0.29) is 9.03 Å². The van der Waals surface area contributed by atoms with E-state index < -0.39 is 0 Å². The first-order valence-corrected chi connectivity index (χ1v) is 4.63. The highest BCUT2D eigenvalue weighted by Crippen LogP contribution is 2.36. The molecule has 0 saturated carbocycles. The summed E-state index contributed by atoms with van der Waals surface area (Å²) in [5, 5.41) is 0. The van der Waals surface area contributed by atoms with Crippen LogP contribution < -0.4 is 0 Å². The number of hydrogen-bond acceptors (Lipinski definition) is 2. The Balaban J connectivity index is 2.44. The highest BCUT2D eigenvalue weighted by atomic mass is 31.1. The molecule has 0 atom stereocenters. The standard InChI is InChI=1S/C7H15O2P/c1-3-7(4-2)5-8-10-9-6-7/h10H,3-6H2,1-2H3. The molecule has 1 aliphatic heterocycles. The molecule has 1 aliphatic rings. The molecule has 1 fully saturated rings. The third-order valence-corrected chi connectivity index (χ3v) is 2.90. The zero-order chi connectivity index (χ0) is 7.45. The largest absolute Gasteiger partial charge is 0.336 e. The smallest absolute Gasteiger partial charge is 0.155 e. The fourth-order valence-corrected chi connectivity index (χ4v) is 1.92. The van der Waals surface area contributed by atoms with Gasteiger partial charge in [-0.15, -0.1) is 0 Å². The van der Waals surface area contributed by atoms with Crippen LogP contribution >= 0.6 is 9.03 Å². The SMILES string of the molecule is CCC1(CC)COPOC1. The van der Waals surface area contributed by atoms with Crippen molar-refractivity contribution in [3.05, 3.63) is 0 Å². The Morgan fingerprint density at radius 3 is 2.00 bits per heavy atom. The van der Waals surface area contributed by atoms with Gasteiger partial charge in [0.2, 0.25) is 0 Å². The second-order valence-corrected chi connectivity index (χ2v) is 3.61. The molecule has 0 unspecified atom stereocenters. The van der Waals surface area contributed by atoms with Crippen molar-refractivity contribution in [3.8, 4) is 0 Å². The third-order valence-electron chi connectivity index (χ3n) is 2.37. The Morgan fingerprint density at radius 1 is 1.20 bits per heavy atom. The normalized spacial score (nSPS) is 24.6. The quantitative estimate of drug-likeness (QED) is 0.580. The van der Waals surface area contributed by atoms with Crippen molar-refractivity contribution in [3.63, 3.8) is 0 Å². The molecule has 1 rings (SSSR count). The fourth-order valence-electron chi connectivity index (χ4n) is 1.11. The second kappa shape index (κ2) is 3.66. The van der Waals surface area contributed by atoms with E-state index in [0.29, 0.717) is 5.41 Å². The fraction of sp³-hybridized carbons (Fsp3) is 1.00. The number of hydrogen-bond donors (Lipinski definition) is 0. The highest BCUT2D eigenvalue weighted by molar-refractivity contribution is 7.26. The average Bonchev–Trinajstić information content (AvgIpc) is 2.06. The van der Waals surface area contributed by atoms with E-state index in [1.807, 2.05) is 0 Å². The van der Waals surface area contributed by atoms with Crippen molar-refractivity contribution in [2.75, 3.05) is 13.2 Å². The lowest BCUT2D eigenvalue weighted by molar-refractivity contribution is 0.0364. The summed E-state index contributed by atoms with van der Waals surface area (Å²) in [6, 6.07) is 0. The van der Waals surface area contributed by atoms with Gasteiger partial charge in [-0.1, -0.05) is 13.8 Å². The Morgan fingerprint density at radius 2 is 1.70 bits per heavy atom. The Bertz CT molecular complexity index is 93.8. The molecule has 3 heteroatoms. The minimum absolute atomic E-state index is 0.274. The van der Waals surface area contributed by atoms with Gasteiger partial charge >= 0.3 is 0 Å². The molecule has 60 valence electrons. The first kappa shape index (κ1) is 8.45. The topological polar surface area (TPSA) is 18.5 Å². The molecular formula is C7H15O2P. The molecule has 0 aromatic rings. The first-order valence-electron chi connectivity index (χ1n) is 3.81. The molecule has 1 saturated heterocycles. The molecule has 0 N–H and O–H groups in total. The van der Waals surface area contributed by atoms with Gasteiger partial charge < -0.3 is 9.05 Å². The maximum atomic E-state index is 5.27. The lowest BCUT2D eigenvalue weighted by Gasteiger charge is -2.34. The summed E-state index contributed by atoms with van der Waals surface area (Å²) in [5.74, 6) is 0. The highest BCUT2D eigenvalue weighted by Gasteiger charge is 2.29. The maximum Gasteiger partial charge on any atom is 0.155 e. The van der Waals surface area contributed by atoms with Crippen LogP contribution in [0.5, 0.6) is 0 Å². The predicted molar refractivity (Wildman–Crippen MR) is 43.2 cm³/mol. The second-order valence-electron chi connectivity index (χ2n) is 2.87. The van der Waals surface area contributed by atoms with Crippen LogP contribution in [0.1, 0.15) is 26.7 Å². The van der Waals surface area contributed by atoms with Crippen molar-refractivity contribution in [1.29, 1.82) is 0 Å². The summed E-state index contributed by atoms with van der Waals surface area (Å²) in [5.41, 5.74) is 0.325. The van der Waals surface area contributed by atoms with Crippen molar-refractivity contribution in [2.24, 2.45) is 5.41 Å². The molecule has 2 nitrogen and oxygen atoms in total. The first-order chi connectivity index (χ1) is 4.83. The van der Waals surface area contributed by atoms with Gasteiger partial charge in [-0.3, -0.25) is 0 Å². The molecule has 10 heavy (non-hydrogen) atoms. The van der Waals surface area contributed by atoms with E-state index in [2.05, 4.69) is 13.8 Å². The van der Waals surface area contributed by atoms with Crippen molar-refractivity contribution >= 4 is 9.03 Å². The molecular weight excluding hydrogens is 147 g/mol. The minimum Gasteiger partial charge on any atom is -0.336 e. The van der Waals surface area contributed by atoms with Crippen LogP contribution in [0.4, 0.5) is 0 Å². The molecule has 0 aromatic heterocycles. The lowest BCUT2D eigenvalue weighted by atomic mass is 9.84. The van der Waals surface area contributed by atoms with Crippen molar-refractivity contribution in [1.82, 2.24) is 0 Å². The third kappa shape index (κ3) is 1.69. The van der Waals surface area contributed by atoms with Gasteiger partial charge in [0.05, 0.1) is 13.2 Å². The zero-order valence-electron chi connectivity index (χ0n) is 6.64. The van der Waals surface area contributed by atoms with Crippen LogP contribution in [0.2, 0.25) is 0 Å². The molecule has 0 spiro atoms. The van der Waals surface area contributed by atoms with E-state index in [0.717, 1.165) is 26.1 Å². The van der Waals surface area contributed by atoms with Crippen LogP contribution in [-0.4, -0.2) is 13.2 Å². The van der Waals surface area contributed by atoms with Gasteiger partial charge in [0.1, 0.15) is 0 Å². The molecule has 0 amide bonds. The van der Waals surface area contributed by atoms with Crippen LogP contribution in [0.25, 0.3) is 0 Å². The zero-order valence-corrected chi connectivity index (χ0v) is 7.64. The Kier molecular flexibility index (Phi) is 3.09. The van der Waals surface area contributed by atoms with E-state index in [1.165, 1.54) is 0 Å². The Labute approximate surface area is 64.2 Å². The van der Waals surface area contributed by atoms with Crippen molar-refractivity contribution in [2.45, 2.75) is 26.7 Å². The summed E-state index contributed by atoms with van der Waals surface area (Å²) in [4.78, 5) is 0. The minimum atomic E-state index is 0.274. The van der Waals surface area contributed by atoms with E-state index >= 15 is 0 Å². The summed E-state index contributed by atoms with van der Waals surface area (Å²) in [6.07, 6.45) is 2.32. The van der Waals surface area contributed by atoms with E-state index in [1.54, 1.807) is 0 Å². The van der Waals surface area contributed by atoms with Crippen molar-refractivity contribution < 1.29 is 9.05 Å². The molecule has 0 radical (unpaired) electrons. The van der Waals surface area contributed by atoms with Gasteiger partial charge in [-0.25, -0.2) is 0 Å². The average molecular weight is 162 g/mol. The monoisotopic (exact) mass is 162 g/mol. The van der Waals surface area contributed by atoms with Crippen LogP contribution in [0.15, 0.2) is 0 Å². The predicted octanol–water partition coefficient (Wildman–Crippen LogP) is 2.35. The summed E-state index contributed by atoms with van der Waals surface area (Å²) in [7, 11) is 0.274.